The maximum absolute atomic E-state index is 5.96. The molecular formula is C16H15ClN2OS. The van der Waals surface area contributed by atoms with E-state index in [1.54, 1.807) is 17.4 Å². The maximum atomic E-state index is 5.96. The van der Waals surface area contributed by atoms with Crippen molar-refractivity contribution in [3.05, 3.63) is 64.5 Å². The van der Waals surface area contributed by atoms with E-state index in [-0.39, 0.29) is 6.04 Å². The number of hydrazine groups is 1. The van der Waals surface area contributed by atoms with Crippen LogP contribution in [0.4, 0.5) is 0 Å². The second-order valence-electron chi connectivity index (χ2n) is 4.67. The van der Waals surface area contributed by atoms with E-state index >= 15 is 0 Å². The van der Waals surface area contributed by atoms with Crippen LogP contribution in [0.15, 0.2) is 53.9 Å². The molecule has 108 valence electrons. The highest BCUT2D eigenvalue weighted by Crippen LogP contribution is 2.29. The monoisotopic (exact) mass is 318 g/mol. The van der Waals surface area contributed by atoms with Crippen LogP contribution in [0.5, 0.6) is 5.75 Å². The van der Waals surface area contributed by atoms with Crippen molar-refractivity contribution in [1.82, 2.24) is 5.43 Å². The zero-order valence-electron chi connectivity index (χ0n) is 11.3. The maximum Gasteiger partial charge on any atom is 0.120 e. The first-order chi connectivity index (χ1) is 10.3. The van der Waals surface area contributed by atoms with Crippen LogP contribution in [-0.4, -0.2) is 6.61 Å². The highest BCUT2D eigenvalue weighted by molar-refractivity contribution is 7.17. The third kappa shape index (κ3) is 3.19. The Labute approximate surface area is 132 Å². The van der Waals surface area contributed by atoms with E-state index in [0.29, 0.717) is 11.6 Å². The summed E-state index contributed by atoms with van der Waals surface area (Å²) in [6.07, 6.45) is 0. The molecule has 0 fully saturated rings. The summed E-state index contributed by atoms with van der Waals surface area (Å²) in [6.45, 7) is 0.438. The lowest BCUT2D eigenvalue weighted by Crippen LogP contribution is -2.32. The average Bonchev–Trinajstić information content (AvgIpc) is 2.97. The second-order valence-corrected chi connectivity index (χ2v) is 6.03. The summed E-state index contributed by atoms with van der Waals surface area (Å²) in [4.78, 5) is 0. The minimum absolute atomic E-state index is 0.0775. The van der Waals surface area contributed by atoms with Crippen LogP contribution in [-0.2, 0) is 0 Å². The van der Waals surface area contributed by atoms with Crippen LogP contribution >= 0.6 is 22.9 Å². The van der Waals surface area contributed by atoms with E-state index < -0.39 is 0 Å². The van der Waals surface area contributed by atoms with Crippen molar-refractivity contribution in [3.63, 3.8) is 0 Å². The van der Waals surface area contributed by atoms with Gasteiger partial charge in [0.15, 0.2) is 0 Å². The normalized spacial score (nSPS) is 12.5. The average molecular weight is 319 g/mol. The van der Waals surface area contributed by atoms with Crippen molar-refractivity contribution >= 4 is 33.0 Å². The number of ether oxygens (including phenoxy) is 1. The number of halogens is 1. The van der Waals surface area contributed by atoms with Crippen LogP contribution < -0.4 is 16.0 Å². The summed E-state index contributed by atoms with van der Waals surface area (Å²) in [5.74, 6) is 6.44. The smallest absolute Gasteiger partial charge is 0.120 e. The summed E-state index contributed by atoms with van der Waals surface area (Å²) < 4.78 is 7.03. The molecule has 2 aromatic carbocycles. The predicted octanol–water partition coefficient (Wildman–Crippen LogP) is 4.14. The number of hydrogen-bond donors (Lipinski definition) is 2. The van der Waals surface area contributed by atoms with E-state index in [1.165, 1.54) is 10.1 Å². The minimum atomic E-state index is -0.0775. The van der Waals surface area contributed by atoms with Crippen LogP contribution in [0, 0.1) is 0 Å². The molecule has 21 heavy (non-hydrogen) atoms. The molecule has 1 unspecified atom stereocenters. The lowest BCUT2D eigenvalue weighted by atomic mass is 10.1. The van der Waals surface area contributed by atoms with Gasteiger partial charge >= 0.3 is 0 Å². The third-order valence-electron chi connectivity index (χ3n) is 3.30. The van der Waals surface area contributed by atoms with Crippen molar-refractivity contribution in [1.29, 1.82) is 0 Å². The van der Waals surface area contributed by atoms with Crippen molar-refractivity contribution in [3.8, 4) is 5.75 Å². The first kappa shape index (κ1) is 14.4. The van der Waals surface area contributed by atoms with Gasteiger partial charge in [-0.3, -0.25) is 5.84 Å². The molecule has 3 N–H and O–H groups in total. The molecule has 3 aromatic rings. The van der Waals surface area contributed by atoms with Crippen molar-refractivity contribution in [2.75, 3.05) is 6.61 Å². The van der Waals surface area contributed by atoms with Gasteiger partial charge in [-0.25, -0.2) is 5.43 Å². The van der Waals surface area contributed by atoms with Crippen LogP contribution in [0.2, 0.25) is 5.02 Å². The first-order valence-corrected chi connectivity index (χ1v) is 7.84. The molecule has 1 atom stereocenters. The standard InChI is InChI=1S/C16H15ClN2OS/c17-12-4-2-5-13(9-12)20-10-15(19-18)14-6-1-3-11-7-8-21-16(11)14/h1-9,15,19H,10,18H2. The van der Waals surface area contributed by atoms with E-state index in [9.17, 15) is 0 Å². The fraction of sp³-hybridized carbons (Fsp3) is 0.125. The Hall–Kier alpha value is -1.59. The zero-order valence-corrected chi connectivity index (χ0v) is 12.8. The molecular weight excluding hydrogens is 304 g/mol. The van der Waals surface area contributed by atoms with Crippen molar-refractivity contribution in [2.45, 2.75) is 6.04 Å². The van der Waals surface area contributed by atoms with Crippen molar-refractivity contribution in [2.24, 2.45) is 5.84 Å². The molecule has 3 rings (SSSR count). The van der Waals surface area contributed by atoms with E-state index in [2.05, 4.69) is 29.0 Å². The predicted molar refractivity (Wildman–Crippen MR) is 88.8 cm³/mol. The third-order valence-corrected chi connectivity index (χ3v) is 4.51. The Morgan fingerprint density at radius 1 is 1.19 bits per heavy atom. The molecule has 0 saturated heterocycles. The molecule has 0 saturated carbocycles. The van der Waals surface area contributed by atoms with E-state index in [1.807, 2.05) is 24.3 Å². The molecule has 3 nitrogen and oxygen atoms in total. The molecule has 0 amide bonds. The number of nitrogens with two attached hydrogens (primary N) is 1. The molecule has 0 aliphatic heterocycles. The topological polar surface area (TPSA) is 47.3 Å². The molecule has 0 bridgehead atoms. The summed E-state index contributed by atoms with van der Waals surface area (Å²) >= 11 is 7.67. The molecule has 5 heteroatoms. The quantitative estimate of drug-likeness (QED) is 0.549. The van der Waals surface area contributed by atoms with Gasteiger partial charge in [0.05, 0.1) is 6.04 Å². The van der Waals surface area contributed by atoms with Crippen molar-refractivity contribution < 1.29 is 4.74 Å². The van der Waals surface area contributed by atoms with Gasteiger partial charge in [0, 0.05) is 9.72 Å². The Morgan fingerprint density at radius 3 is 2.86 bits per heavy atom. The van der Waals surface area contributed by atoms with Gasteiger partial charge in [-0.2, -0.15) is 0 Å². The van der Waals surface area contributed by atoms with Crippen LogP contribution in [0.3, 0.4) is 0 Å². The lowest BCUT2D eigenvalue weighted by molar-refractivity contribution is 0.268. The Balaban J connectivity index is 1.80. The van der Waals surface area contributed by atoms with Gasteiger partial charge in [0.2, 0.25) is 0 Å². The summed E-state index contributed by atoms with van der Waals surface area (Å²) in [7, 11) is 0. The fourth-order valence-corrected chi connectivity index (χ4v) is 3.40. The van der Waals surface area contributed by atoms with Gasteiger partial charge in [0.1, 0.15) is 12.4 Å². The molecule has 0 radical (unpaired) electrons. The van der Waals surface area contributed by atoms with E-state index in [0.717, 1.165) is 11.3 Å². The Kier molecular flexibility index (Phi) is 4.41. The van der Waals surface area contributed by atoms with Crippen LogP contribution in [0.1, 0.15) is 11.6 Å². The molecule has 1 aromatic heterocycles. The first-order valence-electron chi connectivity index (χ1n) is 6.58. The van der Waals surface area contributed by atoms with E-state index in [4.69, 9.17) is 22.2 Å². The Bertz CT molecular complexity index is 744. The minimum Gasteiger partial charge on any atom is -0.492 e. The summed E-state index contributed by atoms with van der Waals surface area (Å²) in [6, 6.07) is 15.6. The summed E-state index contributed by atoms with van der Waals surface area (Å²) in [5, 5.41) is 3.96. The number of rotatable bonds is 5. The second kappa shape index (κ2) is 6.45. The SMILES string of the molecule is NNC(COc1cccc(Cl)c1)c1cccc2ccsc12. The Morgan fingerprint density at radius 2 is 2.05 bits per heavy atom. The van der Waals surface area contributed by atoms with Gasteiger partial charge in [-0.05, 0) is 40.6 Å². The molecule has 0 spiro atoms. The number of nitrogens with one attached hydrogen (secondary N) is 1. The zero-order chi connectivity index (χ0) is 14.7. The van der Waals surface area contributed by atoms with Gasteiger partial charge in [0.25, 0.3) is 0 Å². The highest BCUT2D eigenvalue weighted by atomic mass is 35.5. The molecule has 0 aliphatic rings. The molecule has 0 aliphatic carbocycles. The number of fused-ring (bicyclic) bond motifs is 1. The largest absolute Gasteiger partial charge is 0.492 e. The van der Waals surface area contributed by atoms with Crippen LogP contribution in [0.25, 0.3) is 10.1 Å². The van der Waals surface area contributed by atoms with Gasteiger partial charge in [-0.15, -0.1) is 11.3 Å². The lowest BCUT2D eigenvalue weighted by Gasteiger charge is -2.18. The molecule has 1 heterocycles. The highest BCUT2D eigenvalue weighted by Gasteiger charge is 2.14. The van der Waals surface area contributed by atoms with Gasteiger partial charge < -0.3 is 4.74 Å². The number of hydrogen-bond acceptors (Lipinski definition) is 4. The number of thiophene rings is 1. The number of benzene rings is 2. The fourth-order valence-electron chi connectivity index (χ4n) is 2.25. The summed E-state index contributed by atoms with van der Waals surface area (Å²) in [5.41, 5.74) is 3.98. The van der Waals surface area contributed by atoms with Gasteiger partial charge in [-0.1, -0.05) is 35.9 Å².